The number of hydrogen-bond donors (Lipinski definition) is 1. The summed E-state index contributed by atoms with van der Waals surface area (Å²) in [5, 5.41) is 18.6. The molecule has 1 fully saturated rings. The molecule has 2 rings (SSSR count). The Morgan fingerprint density at radius 3 is 2.89 bits per heavy atom. The molecule has 0 bridgehead atoms. The number of halogens is 1. The Labute approximate surface area is 117 Å². The number of carbonyl (C=O) groups is 1. The van der Waals surface area contributed by atoms with Crippen LogP contribution in [-0.4, -0.2) is 24.2 Å². The van der Waals surface area contributed by atoms with Crippen molar-refractivity contribution < 1.29 is 9.90 Å². The molecular formula is C14H15ClN2O2. The van der Waals surface area contributed by atoms with Crippen molar-refractivity contribution in [1.82, 2.24) is 0 Å². The summed E-state index contributed by atoms with van der Waals surface area (Å²) in [5.41, 5.74) is 0.582. The average Bonchev–Trinajstić information content (AvgIpc) is 2.38. The molecule has 1 aromatic carbocycles. The van der Waals surface area contributed by atoms with Crippen molar-refractivity contribution in [2.75, 3.05) is 18.0 Å². The summed E-state index contributed by atoms with van der Waals surface area (Å²) in [6.45, 7) is 3.04. The van der Waals surface area contributed by atoms with Crippen molar-refractivity contribution in [3.8, 4) is 6.07 Å². The van der Waals surface area contributed by atoms with Crippen LogP contribution in [0, 0.1) is 16.7 Å². The number of nitrogens with zero attached hydrogens (tertiary/aromatic N) is 2. The molecule has 0 radical (unpaired) electrons. The van der Waals surface area contributed by atoms with Crippen molar-refractivity contribution in [3.05, 3.63) is 28.8 Å². The molecule has 1 unspecified atom stereocenters. The van der Waals surface area contributed by atoms with Crippen LogP contribution in [0.3, 0.4) is 0 Å². The third-order valence-corrected chi connectivity index (χ3v) is 3.96. The second-order valence-corrected chi connectivity index (χ2v) is 5.57. The van der Waals surface area contributed by atoms with Gasteiger partial charge in [0, 0.05) is 18.8 Å². The SMILES string of the molecule is CC1(C(=O)O)CCCN(c2ccc(C#N)c(Cl)c2)C1. The van der Waals surface area contributed by atoms with E-state index in [0.29, 0.717) is 23.6 Å². The molecule has 1 atom stereocenters. The van der Waals surface area contributed by atoms with E-state index in [4.69, 9.17) is 16.9 Å². The van der Waals surface area contributed by atoms with Crippen LogP contribution in [-0.2, 0) is 4.79 Å². The number of rotatable bonds is 2. The molecule has 1 aliphatic heterocycles. The lowest BCUT2D eigenvalue weighted by Gasteiger charge is -2.39. The van der Waals surface area contributed by atoms with E-state index in [1.165, 1.54) is 0 Å². The van der Waals surface area contributed by atoms with Crippen molar-refractivity contribution in [2.24, 2.45) is 5.41 Å². The van der Waals surface area contributed by atoms with E-state index in [9.17, 15) is 9.90 Å². The van der Waals surface area contributed by atoms with Gasteiger partial charge in [-0.3, -0.25) is 4.79 Å². The lowest BCUT2D eigenvalue weighted by molar-refractivity contribution is -0.148. The molecule has 1 heterocycles. The minimum Gasteiger partial charge on any atom is -0.481 e. The van der Waals surface area contributed by atoms with Crippen LogP contribution in [0.4, 0.5) is 5.69 Å². The highest BCUT2D eigenvalue weighted by atomic mass is 35.5. The third-order valence-electron chi connectivity index (χ3n) is 3.65. The number of anilines is 1. The fourth-order valence-electron chi connectivity index (χ4n) is 2.43. The number of aliphatic carboxylic acids is 1. The van der Waals surface area contributed by atoms with Gasteiger partial charge in [0.2, 0.25) is 0 Å². The van der Waals surface area contributed by atoms with Gasteiger partial charge >= 0.3 is 5.97 Å². The predicted octanol–water partition coefficient (Wildman–Crippen LogP) is 2.90. The average molecular weight is 279 g/mol. The first-order valence-electron chi connectivity index (χ1n) is 6.14. The van der Waals surface area contributed by atoms with E-state index >= 15 is 0 Å². The summed E-state index contributed by atoms with van der Waals surface area (Å²) < 4.78 is 0. The van der Waals surface area contributed by atoms with Crippen LogP contribution in [0.2, 0.25) is 5.02 Å². The van der Waals surface area contributed by atoms with Gasteiger partial charge in [-0.25, -0.2) is 0 Å². The number of nitriles is 1. The molecule has 1 aromatic rings. The highest BCUT2D eigenvalue weighted by molar-refractivity contribution is 6.32. The standard InChI is InChI=1S/C14H15ClN2O2/c1-14(13(18)19)5-2-6-17(9-14)11-4-3-10(8-16)12(15)7-11/h3-4,7H,2,5-6,9H2,1H3,(H,18,19). The Bertz CT molecular complexity index is 553. The molecule has 100 valence electrons. The summed E-state index contributed by atoms with van der Waals surface area (Å²) in [6, 6.07) is 7.23. The molecule has 5 heteroatoms. The van der Waals surface area contributed by atoms with Gasteiger partial charge in [-0.2, -0.15) is 5.26 Å². The van der Waals surface area contributed by atoms with Gasteiger partial charge in [0.05, 0.1) is 16.0 Å². The molecule has 0 amide bonds. The van der Waals surface area contributed by atoms with Gasteiger partial charge < -0.3 is 10.0 Å². The summed E-state index contributed by atoms with van der Waals surface area (Å²) in [4.78, 5) is 13.3. The Hall–Kier alpha value is -1.73. The first kappa shape index (κ1) is 13.7. The molecule has 0 saturated carbocycles. The molecule has 1 aliphatic rings. The lowest BCUT2D eigenvalue weighted by Crippen LogP contribution is -2.46. The summed E-state index contributed by atoms with van der Waals surface area (Å²) >= 11 is 6.02. The smallest absolute Gasteiger partial charge is 0.311 e. The fraction of sp³-hybridized carbons (Fsp3) is 0.429. The zero-order chi connectivity index (χ0) is 14.0. The minimum absolute atomic E-state index is 0.405. The number of carboxylic acid groups (broad SMARTS) is 1. The number of piperidine rings is 1. The molecular weight excluding hydrogens is 264 g/mol. The Morgan fingerprint density at radius 2 is 2.32 bits per heavy atom. The van der Waals surface area contributed by atoms with Crippen molar-refractivity contribution in [1.29, 1.82) is 5.26 Å². The molecule has 1 N–H and O–H groups in total. The first-order valence-corrected chi connectivity index (χ1v) is 6.52. The van der Waals surface area contributed by atoms with Gasteiger partial charge in [0.15, 0.2) is 0 Å². The maximum absolute atomic E-state index is 11.3. The van der Waals surface area contributed by atoms with Crippen LogP contribution in [0.1, 0.15) is 25.3 Å². The van der Waals surface area contributed by atoms with Crippen LogP contribution in [0.25, 0.3) is 0 Å². The fourth-order valence-corrected chi connectivity index (χ4v) is 2.64. The molecule has 4 nitrogen and oxygen atoms in total. The summed E-state index contributed by atoms with van der Waals surface area (Å²) in [6.07, 6.45) is 1.52. The van der Waals surface area contributed by atoms with Crippen LogP contribution < -0.4 is 4.90 Å². The topological polar surface area (TPSA) is 64.3 Å². The zero-order valence-corrected chi connectivity index (χ0v) is 11.4. The molecule has 19 heavy (non-hydrogen) atoms. The van der Waals surface area contributed by atoms with E-state index in [-0.39, 0.29) is 0 Å². The number of hydrogen-bond acceptors (Lipinski definition) is 3. The normalized spacial score (nSPS) is 22.9. The van der Waals surface area contributed by atoms with Gasteiger partial charge in [0.25, 0.3) is 0 Å². The van der Waals surface area contributed by atoms with E-state index in [0.717, 1.165) is 18.7 Å². The second-order valence-electron chi connectivity index (χ2n) is 5.17. The zero-order valence-electron chi connectivity index (χ0n) is 10.7. The van der Waals surface area contributed by atoms with Crippen LogP contribution >= 0.6 is 11.6 Å². The summed E-state index contributed by atoms with van der Waals surface area (Å²) in [7, 11) is 0. The quantitative estimate of drug-likeness (QED) is 0.903. The van der Waals surface area contributed by atoms with Crippen molar-refractivity contribution in [2.45, 2.75) is 19.8 Å². The molecule has 0 aliphatic carbocycles. The highest BCUT2D eigenvalue weighted by Crippen LogP contribution is 2.33. The molecule has 0 spiro atoms. The van der Waals surface area contributed by atoms with E-state index in [1.54, 1.807) is 19.1 Å². The van der Waals surface area contributed by atoms with E-state index in [2.05, 4.69) is 0 Å². The van der Waals surface area contributed by atoms with Gasteiger partial charge in [-0.1, -0.05) is 11.6 Å². The van der Waals surface area contributed by atoms with Crippen molar-refractivity contribution >= 4 is 23.3 Å². The number of carboxylic acids is 1. The minimum atomic E-state index is -0.767. The molecule has 1 saturated heterocycles. The second kappa shape index (κ2) is 5.10. The Balaban J connectivity index is 2.25. The van der Waals surface area contributed by atoms with Gasteiger partial charge in [-0.05, 0) is 38.0 Å². The molecule has 0 aromatic heterocycles. The lowest BCUT2D eigenvalue weighted by atomic mass is 9.82. The summed E-state index contributed by atoms with van der Waals surface area (Å²) in [5.74, 6) is -0.767. The maximum Gasteiger partial charge on any atom is 0.311 e. The maximum atomic E-state index is 11.3. The first-order chi connectivity index (χ1) is 8.96. The third kappa shape index (κ3) is 2.66. The van der Waals surface area contributed by atoms with Gasteiger partial charge in [0.1, 0.15) is 6.07 Å². The van der Waals surface area contributed by atoms with Crippen molar-refractivity contribution in [3.63, 3.8) is 0 Å². The predicted molar refractivity (Wildman–Crippen MR) is 73.4 cm³/mol. The number of benzene rings is 1. The van der Waals surface area contributed by atoms with E-state index < -0.39 is 11.4 Å². The Kier molecular flexibility index (Phi) is 3.68. The largest absolute Gasteiger partial charge is 0.481 e. The van der Waals surface area contributed by atoms with Crippen LogP contribution in [0.5, 0.6) is 0 Å². The van der Waals surface area contributed by atoms with E-state index in [1.807, 2.05) is 17.0 Å². The van der Waals surface area contributed by atoms with Gasteiger partial charge in [-0.15, -0.1) is 0 Å². The Morgan fingerprint density at radius 1 is 1.58 bits per heavy atom. The highest BCUT2D eigenvalue weighted by Gasteiger charge is 2.37. The van der Waals surface area contributed by atoms with Crippen LogP contribution in [0.15, 0.2) is 18.2 Å². The monoisotopic (exact) mass is 278 g/mol.